The topological polar surface area (TPSA) is 38.3 Å². The molecule has 0 bridgehead atoms. The third-order valence-electron chi connectivity index (χ3n) is 3.41. The molecule has 2 rings (SSSR count). The molecule has 0 fully saturated rings. The highest BCUT2D eigenvalue weighted by atomic mass is 16.5. The maximum atomic E-state index is 11.1. The molecule has 1 N–H and O–H groups in total. The molecule has 0 amide bonds. The summed E-state index contributed by atoms with van der Waals surface area (Å²) in [5.74, 6) is -0.265. The normalized spacial score (nSPS) is 18.3. The fourth-order valence-corrected chi connectivity index (χ4v) is 2.45. The number of hydrogen-bond acceptors (Lipinski definition) is 3. The van der Waals surface area contributed by atoms with Gasteiger partial charge in [-0.15, -0.1) is 0 Å². The van der Waals surface area contributed by atoms with Gasteiger partial charge in [-0.25, -0.2) is 4.79 Å². The van der Waals surface area contributed by atoms with E-state index in [0.29, 0.717) is 19.2 Å². The lowest BCUT2D eigenvalue weighted by Crippen LogP contribution is -2.34. The van der Waals surface area contributed by atoms with Gasteiger partial charge in [0.15, 0.2) is 0 Å². The van der Waals surface area contributed by atoms with E-state index in [-0.39, 0.29) is 5.97 Å². The molecule has 1 aromatic carbocycles. The molecule has 1 aromatic rings. The number of carbonyl (C=O) groups is 1. The predicted molar refractivity (Wildman–Crippen MR) is 76.0 cm³/mol. The number of nitrogens with one attached hydrogen (secondary N) is 1. The Hall–Kier alpha value is -1.61. The smallest absolute Gasteiger partial charge is 0.330 e. The lowest BCUT2D eigenvalue weighted by atomic mass is 9.88. The quantitative estimate of drug-likeness (QED) is 0.651. The fraction of sp³-hybridized carbons (Fsp3) is 0.438. The van der Waals surface area contributed by atoms with Crippen LogP contribution in [0.15, 0.2) is 36.4 Å². The van der Waals surface area contributed by atoms with Crippen molar-refractivity contribution in [1.29, 1.82) is 0 Å². The molecule has 0 aliphatic heterocycles. The first-order valence-electron chi connectivity index (χ1n) is 6.93. The molecular formula is C16H21NO2. The van der Waals surface area contributed by atoms with E-state index in [0.717, 1.165) is 19.3 Å². The van der Waals surface area contributed by atoms with Crippen LogP contribution in [0.4, 0.5) is 0 Å². The molecule has 0 heterocycles. The Morgan fingerprint density at radius 1 is 1.42 bits per heavy atom. The minimum absolute atomic E-state index is 0.265. The van der Waals surface area contributed by atoms with Crippen molar-refractivity contribution in [3.63, 3.8) is 0 Å². The summed E-state index contributed by atoms with van der Waals surface area (Å²) in [6, 6.07) is 9.13. The molecule has 1 unspecified atom stereocenters. The number of fused-ring (bicyclic) bond motifs is 1. The largest absolute Gasteiger partial charge is 0.463 e. The first kappa shape index (κ1) is 13.8. The monoisotopic (exact) mass is 259 g/mol. The highest BCUT2D eigenvalue weighted by Crippen LogP contribution is 2.20. The highest BCUT2D eigenvalue weighted by molar-refractivity contribution is 5.81. The van der Waals surface area contributed by atoms with Gasteiger partial charge >= 0.3 is 5.97 Å². The summed E-state index contributed by atoms with van der Waals surface area (Å²) < 4.78 is 4.83. The highest BCUT2D eigenvalue weighted by Gasteiger charge is 2.16. The van der Waals surface area contributed by atoms with Crippen molar-refractivity contribution in [2.24, 2.45) is 0 Å². The number of ether oxygens (including phenoxy) is 1. The van der Waals surface area contributed by atoms with Crippen LogP contribution < -0.4 is 5.32 Å². The van der Waals surface area contributed by atoms with Crippen molar-refractivity contribution in [2.75, 3.05) is 13.2 Å². The lowest BCUT2D eigenvalue weighted by molar-refractivity contribution is -0.137. The van der Waals surface area contributed by atoms with Gasteiger partial charge in [-0.3, -0.25) is 0 Å². The summed E-state index contributed by atoms with van der Waals surface area (Å²) >= 11 is 0. The Labute approximate surface area is 114 Å². The standard InChI is InChI=1S/C16H21NO2/c1-2-19-16(18)8-5-11-17-15-10-9-13-6-3-4-7-14(13)12-15/h3-8,15,17H,2,9-12H2,1H3/b8-5+. The van der Waals surface area contributed by atoms with Gasteiger partial charge in [0.2, 0.25) is 0 Å². The summed E-state index contributed by atoms with van der Waals surface area (Å²) in [7, 11) is 0. The first-order chi connectivity index (χ1) is 9.29. The molecule has 3 heteroatoms. The zero-order chi connectivity index (χ0) is 13.5. The Kier molecular flexibility index (Phi) is 5.16. The minimum atomic E-state index is -0.265. The Morgan fingerprint density at radius 2 is 2.21 bits per heavy atom. The molecule has 1 atom stereocenters. The molecule has 1 aliphatic rings. The van der Waals surface area contributed by atoms with Gasteiger partial charge in [0.1, 0.15) is 0 Å². The molecule has 0 saturated carbocycles. The average molecular weight is 259 g/mol. The maximum absolute atomic E-state index is 11.1. The second kappa shape index (κ2) is 7.10. The van der Waals surface area contributed by atoms with Crippen molar-refractivity contribution >= 4 is 5.97 Å². The van der Waals surface area contributed by atoms with Gasteiger partial charge < -0.3 is 10.1 Å². The van der Waals surface area contributed by atoms with Crippen LogP contribution in [0.1, 0.15) is 24.5 Å². The van der Waals surface area contributed by atoms with Gasteiger partial charge in [0.25, 0.3) is 0 Å². The number of carbonyl (C=O) groups excluding carboxylic acids is 1. The summed E-state index contributed by atoms with van der Waals surface area (Å²) in [6.45, 7) is 2.95. The van der Waals surface area contributed by atoms with Crippen LogP contribution in [0, 0.1) is 0 Å². The van der Waals surface area contributed by atoms with Crippen LogP contribution >= 0.6 is 0 Å². The Bertz CT molecular complexity index is 454. The van der Waals surface area contributed by atoms with E-state index in [9.17, 15) is 4.79 Å². The van der Waals surface area contributed by atoms with Gasteiger partial charge in [0.05, 0.1) is 6.61 Å². The summed E-state index contributed by atoms with van der Waals surface area (Å²) in [4.78, 5) is 11.1. The van der Waals surface area contributed by atoms with E-state index in [1.165, 1.54) is 17.2 Å². The van der Waals surface area contributed by atoms with E-state index in [2.05, 4.69) is 29.6 Å². The average Bonchev–Trinajstić information content (AvgIpc) is 2.44. The van der Waals surface area contributed by atoms with Crippen LogP contribution in [-0.4, -0.2) is 25.2 Å². The molecule has 0 saturated heterocycles. The molecule has 0 aromatic heterocycles. The van der Waals surface area contributed by atoms with E-state index >= 15 is 0 Å². The van der Waals surface area contributed by atoms with Gasteiger partial charge in [-0.1, -0.05) is 30.3 Å². The summed E-state index contributed by atoms with van der Waals surface area (Å²) in [5, 5.41) is 3.47. The number of benzene rings is 1. The van der Waals surface area contributed by atoms with Crippen LogP contribution in [0.2, 0.25) is 0 Å². The number of aryl methyl sites for hydroxylation is 1. The van der Waals surface area contributed by atoms with Crippen molar-refractivity contribution in [1.82, 2.24) is 5.32 Å². The van der Waals surface area contributed by atoms with Crippen molar-refractivity contribution < 1.29 is 9.53 Å². The molecule has 0 spiro atoms. The molecular weight excluding hydrogens is 238 g/mol. The first-order valence-corrected chi connectivity index (χ1v) is 6.93. The van der Waals surface area contributed by atoms with Gasteiger partial charge in [-0.05, 0) is 37.3 Å². The Balaban J connectivity index is 1.75. The third kappa shape index (κ3) is 4.21. The SMILES string of the molecule is CCOC(=O)/C=C/CNC1CCc2ccccc2C1. The number of esters is 1. The molecule has 19 heavy (non-hydrogen) atoms. The molecule has 1 aliphatic carbocycles. The lowest BCUT2D eigenvalue weighted by Gasteiger charge is -2.25. The van der Waals surface area contributed by atoms with E-state index in [1.807, 2.05) is 13.0 Å². The minimum Gasteiger partial charge on any atom is -0.463 e. The second-order valence-corrected chi connectivity index (χ2v) is 4.77. The number of hydrogen-bond donors (Lipinski definition) is 1. The van der Waals surface area contributed by atoms with Crippen LogP contribution in [0.25, 0.3) is 0 Å². The van der Waals surface area contributed by atoms with Gasteiger partial charge in [-0.2, -0.15) is 0 Å². The zero-order valence-corrected chi connectivity index (χ0v) is 11.4. The van der Waals surface area contributed by atoms with Crippen molar-refractivity contribution in [2.45, 2.75) is 32.2 Å². The summed E-state index contributed by atoms with van der Waals surface area (Å²) in [5.41, 5.74) is 2.92. The Morgan fingerprint density at radius 3 is 3.00 bits per heavy atom. The van der Waals surface area contributed by atoms with E-state index < -0.39 is 0 Å². The van der Waals surface area contributed by atoms with Crippen LogP contribution in [-0.2, 0) is 22.4 Å². The van der Waals surface area contributed by atoms with E-state index in [1.54, 1.807) is 0 Å². The second-order valence-electron chi connectivity index (χ2n) is 4.77. The zero-order valence-electron chi connectivity index (χ0n) is 11.4. The third-order valence-corrected chi connectivity index (χ3v) is 3.41. The molecule has 0 radical (unpaired) electrons. The van der Waals surface area contributed by atoms with Crippen LogP contribution in [0.5, 0.6) is 0 Å². The number of rotatable bonds is 5. The van der Waals surface area contributed by atoms with Crippen molar-refractivity contribution in [3.8, 4) is 0 Å². The predicted octanol–water partition coefficient (Wildman–Crippen LogP) is 2.25. The van der Waals surface area contributed by atoms with E-state index in [4.69, 9.17) is 4.74 Å². The van der Waals surface area contributed by atoms with Crippen LogP contribution in [0.3, 0.4) is 0 Å². The molecule has 3 nitrogen and oxygen atoms in total. The van der Waals surface area contributed by atoms with Crippen molar-refractivity contribution in [3.05, 3.63) is 47.5 Å². The molecule has 102 valence electrons. The fourth-order valence-electron chi connectivity index (χ4n) is 2.45. The van der Waals surface area contributed by atoms with Gasteiger partial charge in [0, 0.05) is 18.7 Å². The maximum Gasteiger partial charge on any atom is 0.330 e. The summed E-state index contributed by atoms with van der Waals surface area (Å²) in [6.07, 6.45) is 6.69.